The van der Waals surface area contributed by atoms with E-state index < -0.39 is 12.0 Å². The number of hydrogen-bond donors (Lipinski definition) is 2. The summed E-state index contributed by atoms with van der Waals surface area (Å²) in [5.41, 5.74) is 0.835. The van der Waals surface area contributed by atoms with Gasteiger partial charge in [-0.3, -0.25) is 10.1 Å². The molecular weight excluding hydrogens is 274 g/mol. The Balaban J connectivity index is 2.17. The van der Waals surface area contributed by atoms with Gasteiger partial charge < -0.3 is 19.3 Å². The first kappa shape index (κ1) is 15.4. The van der Waals surface area contributed by atoms with Gasteiger partial charge in [-0.15, -0.1) is 0 Å². The van der Waals surface area contributed by atoms with Crippen LogP contribution in [0.3, 0.4) is 0 Å². The zero-order chi connectivity index (χ0) is 15.4. The lowest BCUT2D eigenvalue weighted by Crippen LogP contribution is -2.38. The van der Waals surface area contributed by atoms with Crippen LogP contribution in [0.1, 0.15) is 18.4 Å². The van der Waals surface area contributed by atoms with E-state index in [0.29, 0.717) is 23.8 Å². The highest BCUT2D eigenvalue weighted by Crippen LogP contribution is 2.40. The molecule has 21 heavy (non-hydrogen) atoms. The van der Waals surface area contributed by atoms with Gasteiger partial charge in [-0.2, -0.15) is 0 Å². The summed E-state index contributed by atoms with van der Waals surface area (Å²) in [4.78, 5) is 11.2. The Morgan fingerprint density at radius 2 is 1.90 bits per heavy atom. The molecule has 0 spiro atoms. The van der Waals surface area contributed by atoms with Crippen LogP contribution in [0.15, 0.2) is 12.1 Å². The third-order valence-electron chi connectivity index (χ3n) is 3.66. The molecule has 0 amide bonds. The maximum atomic E-state index is 11.2. The number of ether oxygens (including phenoxy) is 3. The summed E-state index contributed by atoms with van der Waals surface area (Å²) in [7, 11) is 4.65. The molecular formula is C15H21NO5. The number of rotatable bonds is 8. The maximum absolute atomic E-state index is 11.2. The van der Waals surface area contributed by atoms with Crippen molar-refractivity contribution in [3.63, 3.8) is 0 Å². The summed E-state index contributed by atoms with van der Waals surface area (Å²) in [6.07, 6.45) is 1.93. The molecule has 0 aromatic heterocycles. The van der Waals surface area contributed by atoms with Crippen LogP contribution in [0.2, 0.25) is 0 Å². The minimum atomic E-state index is -0.808. The minimum absolute atomic E-state index is 0.230. The van der Waals surface area contributed by atoms with E-state index in [4.69, 9.17) is 14.2 Å². The van der Waals surface area contributed by atoms with Crippen LogP contribution in [-0.4, -0.2) is 38.4 Å². The molecule has 116 valence electrons. The second-order valence-corrected chi connectivity index (χ2v) is 5.03. The number of aliphatic carboxylic acids is 1. The van der Waals surface area contributed by atoms with Crippen molar-refractivity contribution < 1.29 is 24.1 Å². The quantitative estimate of drug-likeness (QED) is 0.759. The van der Waals surface area contributed by atoms with Crippen LogP contribution < -0.4 is 19.5 Å². The van der Waals surface area contributed by atoms with Gasteiger partial charge in [0, 0.05) is 12.1 Å². The monoisotopic (exact) mass is 295 g/mol. The lowest BCUT2D eigenvalue weighted by Gasteiger charge is -2.18. The van der Waals surface area contributed by atoms with Crippen molar-refractivity contribution in [2.24, 2.45) is 5.92 Å². The third kappa shape index (κ3) is 3.39. The Kier molecular flexibility index (Phi) is 4.90. The van der Waals surface area contributed by atoms with Crippen molar-refractivity contribution in [2.75, 3.05) is 21.3 Å². The van der Waals surface area contributed by atoms with Crippen LogP contribution in [0, 0.1) is 5.92 Å². The van der Waals surface area contributed by atoms with Gasteiger partial charge in [-0.1, -0.05) is 6.07 Å². The summed E-state index contributed by atoms with van der Waals surface area (Å²) in [5.74, 6) is 1.07. The Hall–Kier alpha value is -1.95. The van der Waals surface area contributed by atoms with Crippen molar-refractivity contribution in [3.05, 3.63) is 17.7 Å². The van der Waals surface area contributed by atoms with Gasteiger partial charge in [0.1, 0.15) is 6.04 Å². The van der Waals surface area contributed by atoms with Gasteiger partial charge in [0.2, 0.25) is 5.75 Å². The molecule has 1 aliphatic rings. The minimum Gasteiger partial charge on any atom is -0.493 e. The third-order valence-corrected chi connectivity index (χ3v) is 3.66. The molecule has 1 fully saturated rings. The average molecular weight is 295 g/mol. The zero-order valence-corrected chi connectivity index (χ0v) is 12.5. The number of hydrogen-bond acceptors (Lipinski definition) is 5. The highest BCUT2D eigenvalue weighted by Gasteiger charge is 2.36. The van der Waals surface area contributed by atoms with E-state index in [0.717, 1.165) is 18.4 Å². The van der Waals surface area contributed by atoms with E-state index in [1.165, 1.54) is 0 Å². The fourth-order valence-corrected chi connectivity index (χ4v) is 2.41. The lowest BCUT2D eigenvalue weighted by molar-refractivity contribution is -0.140. The van der Waals surface area contributed by atoms with Gasteiger partial charge >= 0.3 is 5.97 Å². The van der Waals surface area contributed by atoms with Crippen molar-refractivity contribution in [2.45, 2.75) is 25.4 Å². The fourth-order valence-electron chi connectivity index (χ4n) is 2.41. The van der Waals surface area contributed by atoms with Crippen LogP contribution in [-0.2, 0) is 11.3 Å². The second-order valence-electron chi connectivity index (χ2n) is 5.03. The Morgan fingerprint density at radius 3 is 2.38 bits per heavy atom. The first-order valence-electron chi connectivity index (χ1n) is 6.86. The van der Waals surface area contributed by atoms with Crippen LogP contribution in [0.4, 0.5) is 0 Å². The normalized spacial score (nSPS) is 15.4. The molecule has 1 atom stereocenters. The predicted molar refractivity (Wildman–Crippen MR) is 77.1 cm³/mol. The molecule has 0 bridgehead atoms. The summed E-state index contributed by atoms with van der Waals surface area (Å²) in [5, 5.41) is 12.3. The first-order chi connectivity index (χ1) is 10.1. The number of methoxy groups -OCH3 is 3. The van der Waals surface area contributed by atoms with E-state index in [-0.39, 0.29) is 5.92 Å². The van der Waals surface area contributed by atoms with Crippen molar-refractivity contribution >= 4 is 5.97 Å². The van der Waals surface area contributed by atoms with Crippen molar-refractivity contribution in [1.29, 1.82) is 0 Å². The number of carbonyl (C=O) groups is 1. The zero-order valence-electron chi connectivity index (χ0n) is 12.5. The lowest BCUT2D eigenvalue weighted by atomic mass is 10.1. The largest absolute Gasteiger partial charge is 0.493 e. The predicted octanol–water partition coefficient (Wildman–Crippen LogP) is 1.67. The van der Waals surface area contributed by atoms with Crippen LogP contribution >= 0.6 is 0 Å². The molecule has 1 saturated carbocycles. The molecule has 0 saturated heterocycles. The highest BCUT2D eigenvalue weighted by atomic mass is 16.5. The van der Waals surface area contributed by atoms with Crippen LogP contribution in [0.5, 0.6) is 17.2 Å². The van der Waals surface area contributed by atoms with E-state index in [9.17, 15) is 9.90 Å². The molecule has 2 rings (SSSR count). The SMILES string of the molecule is COc1ccc(CNC(C(=O)O)C2CC2)c(OC)c1OC. The Morgan fingerprint density at radius 1 is 1.24 bits per heavy atom. The van der Waals surface area contributed by atoms with E-state index in [1.54, 1.807) is 27.4 Å². The van der Waals surface area contributed by atoms with Gasteiger partial charge in [-0.05, 0) is 24.8 Å². The van der Waals surface area contributed by atoms with E-state index >= 15 is 0 Å². The molecule has 6 heteroatoms. The molecule has 0 heterocycles. The number of carboxylic acid groups (broad SMARTS) is 1. The standard InChI is InChI=1S/C15H21NO5/c1-19-11-7-6-10(13(20-2)14(11)21-3)8-16-12(15(17)18)9-4-5-9/h6-7,9,12,16H,4-5,8H2,1-3H3,(H,17,18). The molecule has 1 unspecified atom stereocenters. The first-order valence-corrected chi connectivity index (χ1v) is 6.86. The summed E-state index contributed by atoms with van der Waals surface area (Å²) in [6, 6.07) is 3.12. The van der Waals surface area contributed by atoms with E-state index in [2.05, 4.69) is 5.32 Å². The molecule has 1 aromatic rings. The number of carboxylic acids is 1. The van der Waals surface area contributed by atoms with Gasteiger partial charge in [0.15, 0.2) is 11.5 Å². The molecule has 1 aliphatic carbocycles. The maximum Gasteiger partial charge on any atom is 0.320 e. The summed E-state index contributed by atoms with van der Waals surface area (Å²) >= 11 is 0. The Labute approximate surface area is 124 Å². The molecule has 0 aliphatic heterocycles. The summed E-state index contributed by atoms with van der Waals surface area (Å²) in [6.45, 7) is 0.400. The molecule has 2 N–H and O–H groups in total. The molecule has 0 radical (unpaired) electrons. The molecule has 6 nitrogen and oxygen atoms in total. The fraction of sp³-hybridized carbons (Fsp3) is 0.533. The van der Waals surface area contributed by atoms with Crippen LogP contribution in [0.25, 0.3) is 0 Å². The average Bonchev–Trinajstić information content (AvgIpc) is 3.30. The Bertz CT molecular complexity index is 513. The smallest absolute Gasteiger partial charge is 0.320 e. The number of benzene rings is 1. The summed E-state index contributed by atoms with van der Waals surface area (Å²) < 4.78 is 15.9. The number of nitrogens with one attached hydrogen (secondary N) is 1. The second kappa shape index (κ2) is 6.67. The van der Waals surface area contributed by atoms with E-state index in [1.807, 2.05) is 6.07 Å². The highest BCUT2D eigenvalue weighted by molar-refractivity contribution is 5.74. The topological polar surface area (TPSA) is 77.0 Å². The van der Waals surface area contributed by atoms with Crippen molar-refractivity contribution in [3.8, 4) is 17.2 Å². The van der Waals surface area contributed by atoms with Gasteiger partial charge in [0.05, 0.1) is 21.3 Å². The molecule has 1 aromatic carbocycles. The van der Waals surface area contributed by atoms with Gasteiger partial charge in [0.25, 0.3) is 0 Å². The van der Waals surface area contributed by atoms with Crippen molar-refractivity contribution in [1.82, 2.24) is 5.32 Å². The van der Waals surface area contributed by atoms with Gasteiger partial charge in [-0.25, -0.2) is 0 Å².